The summed E-state index contributed by atoms with van der Waals surface area (Å²) in [6.45, 7) is 5.86. The Balaban J connectivity index is 2.90. The summed E-state index contributed by atoms with van der Waals surface area (Å²) in [4.78, 5) is 1.66. The Hall–Kier alpha value is -0.190. The second-order valence-corrected chi connectivity index (χ2v) is 6.60. The number of aryl methyl sites for hydroxylation is 1. The molecular weight excluding hydrogens is 247 g/mol. The number of thiophene rings is 1. The van der Waals surface area contributed by atoms with Gasteiger partial charge in [-0.15, -0.1) is 11.3 Å². The van der Waals surface area contributed by atoms with Crippen LogP contribution in [-0.2, 0) is 13.6 Å². The third kappa shape index (κ3) is 3.15. The lowest BCUT2D eigenvalue weighted by Crippen LogP contribution is -2.04. The minimum absolute atomic E-state index is 0.249. The zero-order valence-electron chi connectivity index (χ0n) is 9.67. The van der Waals surface area contributed by atoms with E-state index < -0.39 is 13.4 Å². The second-order valence-electron chi connectivity index (χ2n) is 3.20. The van der Waals surface area contributed by atoms with Crippen LogP contribution in [0.15, 0.2) is 12.1 Å². The zero-order chi connectivity index (χ0) is 12.2. The van der Waals surface area contributed by atoms with Crippen molar-refractivity contribution in [3.05, 3.63) is 21.9 Å². The van der Waals surface area contributed by atoms with Crippen LogP contribution in [0.4, 0.5) is 0 Å². The minimum atomic E-state index is -3.45. The maximum absolute atomic E-state index is 12.2. The van der Waals surface area contributed by atoms with Gasteiger partial charge in [-0.3, -0.25) is 4.57 Å². The molecule has 16 heavy (non-hydrogen) atoms. The molecule has 0 saturated heterocycles. The smallest absolute Gasteiger partial charge is 0.364 e. The van der Waals surface area contributed by atoms with Crippen molar-refractivity contribution in [3.8, 4) is 0 Å². The van der Waals surface area contributed by atoms with E-state index in [-0.39, 0.29) is 13.2 Å². The summed E-state index contributed by atoms with van der Waals surface area (Å²) >= 11 is 1.39. The zero-order valence-corrected chi connectivity index (χ0v) is 11.4. The van der Waals surface area contributed by atoms with Crippen molar-refractivity contribution in [1.29, 1.82) is 0 Å². The monoisotopic (exact) mass is 264 g/mol. The van der Waals surface area contributed by atoms with Crippen molar-refractivity contribution in [2.45, 2.75) is 26.6 Å². The lowest BCUT2D eigenvalue weighted by molar-refractivity contribution is 0.152. The Kier molecular flexibility index (Phi) is 5.15. The lowest BCUT2D eigenvalue weighted by atomic mass is 10.4. The molecule has 0 saturated carbocycles. The first-order chi connectivity index (χ1) is 7.53. The Bertz CT molecular complexity index is 367. The topological polar surface area (TPSA) is 55.8 Å². The fraction of sp³-hybridized carbons (Fsp3) is 0.600. The maximum Gasteiger partial charge on any atom is 0.364 e. The van der Waals surface area contributed by atoms with Gasteiger partial charge in [0.05, 0.1) is 13.2 Å². The van der Waals surface area contributed by atoms with Gasteiger partial charge < -0.3 is 14.2 Å². The molecule has 1 aromatic heterocycles. The number of aliphatic hydroxyl groups excluding tert-OH is 1. The Morgan fingerprint density at radius 2 is 1.94 bits per heavy atom. The van der Waals surface area contributed by atoms with Crippen molar-refractivity contribution < 1.29 is 18.7 Å². The molecule has 0 aromatic carbocycles. The molecule has 1 N–H and O–H groups in total. The number of aliphatic hydroxyl groups is 1. The van der Waals surface area contributed by atoms with Gasteiger partial charge >= 0.3 is 7.60 Å². The van der Waals surface area contributed by atoms with Gasteiger partial charge in [-0.25, -0.2) is 0 Å². The van der Waals surface area contributed by atoms with Crippen molar-refractivity contribution in [3.63, 3.8) is 0 Å². The average molecular weight is 264 g/mol. The number of rotatable bonds is 6. The molecule has 0 bridgehead atoms. The van der Waals surface area contributed by atoms with Gasteiger partial charge in [-0.1, -0.05) is 0 Å². The van der Waals surface area contributed by atoms with Crippen molar-refractivity contribution in [1.82, 2.24) is 0 Å². The van der Waals surface area contributed by atoms with E-state index >= 15 is 0 Å². The van der Waals surface area contributed by atoms with E-state index in [1.807, 2.05) is 13.0 Å². The Labute approximate surface area is 99.7 Å². The Morgan fingerprint density at radius 1 is 1.38 bits per heavy atom. The van der Waals surface area contributed by atoms with Crippen LogP contribution in [0.25, 0.3) is 0 Å². The number of hydrogen-bond donors (Lipinski definition) is 1. The van der Waals surface area contributed by atoms with Gasteiger partial charge in [-0.05, 0) is 32.9 Å². The fourth-order valence-electron chi connectivity index (χ4n) is 1.29. The van der Waals surface area contributed by atoms with Crippen molar-refractivity contribution in [2.75, 3.05) is 13.2 Å². The first kappa shape index (κ1) is 13.9. The molecule has 0 unspecified atom stereocenters. The summed E-state index contributed by atoms with van der Waals surface area (Å²) in [5, 5.41) is 10.0. The minimum Gasteiger partial charge on any atom is -0.376 e. The molecular formula is C10H17O4PS. The first-order valence-electron chi connectivity index (χ1n) is 5.16. The SMILES string of the molecule is CCOP(=O)(OCC)[C@H](O)c1ccc(C)s1. The van der Waals surface area contributed by atoms with Crippen molar-refractivity contribution in [2.24, 2.45) is 0 Å². The van der Waals surface area contributed by atoms with Gasteiger partial charge in [0.15, 0.2) is 5.85 Å². The van der Waals surface area contributed by atoms with Crippen LogP contribution in [0.2, 0.25) is 0 Å². The van der Waals surface area contributed by atoms with Crippen LogP contribution in [0.5, 0.6) is 0 Å². The van der Waals surface area contributed by atoms with Gasteiger partial charge in [-0.2, -0.15) is 0 Å². The largest absolute Gasteiger partial charge is 0.376 e. The van der Waals surface area contributed by atoms with Gasteiger partial charge in [0.1, 0.15) is 0 Å². The van der Waals surface area contributed by atoms with E-state index in [9.17, 15) is 9.67 Å². The molecule has 0 fully saturated rings. The summed E-state index contributed by atoms with van der Waals surface area (Å²) in [5.41, 5.74) is 0. The molecule has 0 radical (unpaired) electrons. The molecule has 0 aliphatic heterocycles. The number of hydrogen-bond acceptors (Lipinski definition) is 5. The van der Waals surface area contributed by atoms with Crippen LogP contribution in [0, 0.1) is 6.92 Å². The maximum atomic E-state index is 12.2. The van der Waals surface area contributed by atoms with Crippen LogP contribution in [0.3, 0.4) is 0 Å². The highest BCUT2D eigenvalue weighted by atomic mass is 32.1. The van der Waals surface area contributed by atoms with E-state index in [1.165, 1.54) is 11.3 Å². The highest BCUT2D eigenvalue weighted by Gasteiger charge is 2.36. The molecule has 0 amide bonds. The summed E-state index contributed by atoms with van der Waals surface area (Å²) in [5.74, 6) is -1.19. The summed E-state index contributed by atoms with van der Waals surface area (Å²) < 4.78 is 22.4. The molecule has 0 aliphatic rings. The molecule has 6 heteroatoms. The molecule has 4 nitrogen and oxygen atoms in total. The Morgan fingerprint density at radius 3 is 2.31 bits per heavy atom. The molecule has 0 aliphatic carbocycles. The van der Waals surface area contributed by atoms with Crippen LogP contribution in [0.1, 0.15) is 29.4 Å². The van der Waals surface area contributed by atoms with Crippen LogP contribution < -0.4 is 0 Å². The van der Waals surface area contributed by atoms with Gasteiger partial charge in [0.2, 0.25) is 0 Å². The normalized spacial score (nSPS) is 14.0. The average Bonchev–Trinajstić information content (AvgIpc) is 2.64. The molecule has 1 heterocycles. The lowest BCUT2D eigenvalue weighted by Gasteiger charge is -2.21. The van der Waals surface area contributed by atoms with Crippen LogP contribution in [-0.4, -0.2) is 18.3 Å². The highest BCUT2D eigenvalue weighted by molar-refractivity contribution is 7.54. The molecule has 92 valence electrons. The molecule has 1 aromatic rings. The summed E-state index contributed by atoms with van der Waals surface area (Å²) in [6.07, 6.45) is 0. The van der Waals surface area contributed by atoms with E-state index in [2.05, 4.69) is 0 Å². The molecule has 1 atom stereocenters. The predicted molar refractivity (Wildman–Crippen MR) is 64.9 cm³/mol. The van der Waals surface area contributed by atoms with Gasteiger partial charge in [0, 0.05) is 9.75 Å². The van der Waals surface area contributed by atoms with Crippen LogP contribution >= 0.6 is 18.9 Å². The first-order valence-corrected chi connectivity index (χ1v) is 7.59. The summed E-state index contributed by atoms with van der Waals surface area (Å²) in [7, 11) is -3.45. The molecule has 0 spiro atoms. The quantitative estimate of drug-likeness (QED) is 0.801. The third-order valence-electron chi connectivity index (χ3n) is 1.93. The van der Waals surface area contributed by atoms with Gasteiger partial charge in [0.25, 0.3) is 0 Å². The highest BCUT2D eigenvalue weighted by Crippen LogP contribution is 2.60. The van der Waals surface area contributed by atoms with E-state index in [0.717, 1.165) is 4.88 Å². The fourth-order valence-corrected chi connectivity index (χ4v) is 4.06. The summed E-state index contributed by atoms with van der Waals surface area (Å²) in [6, 6.07) is 3.61. The van der Waals surface area contributed by atoms with Crippen molar-refractivity contribution >= 4 is 18.9 Å². The second kappa shape index (κ2) is 5.94. The molecule has 1 rings (SSSR count). The van der Waals surface area contributed by atoms with E-state index in [4.69, 9.17) is 9.05 Å². The standard InChI is InChI=1S/C10H17O4PS/c1-4-13-15(12,14-5-2)10(11)9-7-6-8(3)16-9/h6-7,10-11H,4-5H2,1-3H3/t10-/m0/s1. The van der Waals surface area contributed by atoms with E-state index in [0.29, 0.717) is 4.88 Å². The van der Waals surface area contributed by atoms with E-state index in [1.54, 1.807) is 19.9 Å². The predicted octanol–water partition coefficient (Wildman–Crippen LogP) is 3.31. The third-order valence-corrected chi connectivity index (χ3v) is 5.27.